The van der Waals surface area contributed by atoms with Gasteiger partial charge in [-0.15, -0.1) is 11.8 Å². The van der Waals surface area contributed by atoms with Gasteiger partial charge in [-0.2, -0.15) is 0 Å². The molecule has 78 valence electrons. The molecule has 0 bridgehead atoms. The molecule has 0 saturated heterocycles. The fourth-order valence-electron chi connectivity index (χ4n) is 1.20. The molecule has 1 aromatic rings. The van der Waals surface area contributed by atoms with Crippen molar-refractivity contribution in [3.63, 3.8) is 0 Å². The monoisotopic (exact) mass is 210 g/mol. The molecule has 1 aromatic carbocycles. The Morgan fingerprint density at radius 1 is 1.43 bits per heavy atom. The summed E-state index contributed by atoms with van der Waals surface area (Å²) >= 11 is 1.87. The van der Waals surface area contributed by atoms with Crippen molar-refractivity contribution in [2.75, 3.05) is 5.75 Å². The largest absolute Gasteiger partial charge is 0.389 e. The van der Waals surface area contributed by atoms with Gasteiger partial charge in [0.2, 0.25) is 0 Å². The van der Waals surface area contributed by atoms with Gasteiger partial charge >= 0.3 is 0 Å². The molecule has 0 unspecified atom stereocenters. The molecule has 0 spiro atoms. The third-order valence-corrected chi connectivity index (χ3v) is 3.19. The maximum atomic E-state index is 9.41. The van der Waals surface area contributed by atoms with E-state index in [4.69, 9.17) is 0 Å². The third-order valence-electron chi connectivity index (χ3n) is 2.11. The standard InChI is InChI=1S/C12H18OS/c1-3-4-8-14-12-7-5-6-11(9-12)10(2)13/h5-7,9-10,13H,3-4,8H2,1-2H3/t10-/m1/s1. The lowest BCUT2D eigenvalue weighted by Crippen LogP contribution is -1.90. The van der Waals surface area contributed by atoms with E-state index >= 15 is 0 Å². The quantitative estimate of drug-likeness (QED) is 0.591. The van der Waals surface area contributed by atoms with E-state index in [1.54, 1.807) is 6.92 Å². The first-order valence-electron chi connectivity index (χ1n) is 5.15. The van der Waals surface area contributed by atoms with Gasteiger partial charge in [-0.25, -0.2) is 0 Å². The minimum atomic E-state index is -0.360. The van der Waals surface area contributed by atoms with E-state index in [9.17, 15) is 5.11 Å². The molecule has 0 aliphatic rings. The number of aliphatic hydroxyl groups is 1. The van der Waals surface area contributed by atoms with Crippen LogP contribution in [0, 0.1) is 0 Å². The molecule has 14 heavy (non-hydrogen) atoms. The Bertz CT molecular complexity index is 271. The zero-order valence-corrected chi connectivity index (χ0v) is 9.68. The highest BCUT2D eigenvalue weighted by molar-refractivity contribution is 7.99. The second-order valence-corrected chi connectivity index (χ2v) is 4.62. The smallest absolute Gasteiger partial charge is 0.0762 e. The Balaban J connectivity index is 2.55. The molecular weight excluding hydrogens is 192 g/mol. The lowest BCUT2D eigenvalue weighted by atomic mass is 10.1. The summed E-state index contributed by atoms with van der Waals surface area (Å²) in [4.78, 5) is 1.26. The number of hydrogen-bond donors (Lipinski definition) is 1. The van der Waals surface area contributed by atoms with Crippen LogP contribution in [0.4, 0.5) is 0 Å². The summed E-state index contributed by atoms with van der Waals surface area (Å²) in [6.07, 6.45) is 2.13. The average Bonchev–Trinajstić information content (AvgIpc) is 2.19. The third kappa shape index (κ3) is 3.72. The Morgan fingerprint density at radius 2 is 2.21 bits per heavy atom. The average molecular weight is 210 g/mol. The number of aliphatic hydroxyl groups excluding tert-OH is 1. The summed E-state index contributed by atoms with van der Waals surface area (Å²) in [7, 11) is 0. The predicted molar refractivity (Wildman–Crippen MR) is 62.7 cm³/mol. The van der Waals surface area contributed by atoms with Crippen LogP contribution in [0.2, 0.25) is 0 Å². The normalized spacial score (nSPS) is 12.8. The van der Waals surface area contributed by atoms with Crippen molar-refractivity contribution in [3.8, 4) is 0 Å². The van der Waals surface area contributed by atoms with Crippen molar-refractivity contribution in [1.29, 1.82) is 0 Å². The van der Waals surface area contributed by atoms with Crippen LogP contribution in [0.3, 0.4) is 0 Å². The van der Waals surface area contributed by atoms with Crippen LogP contribution in [0.5, 0.6) is 0 Å². The topological polar surface area (TPSA) is 20.2 Å². The van der Waals surface area contributed by atoms with Gasteiger partial charge in [0.25, 0.3) is 0 Å². The van der Waals surface area contributed by atoms with Crippen molar-refractivity contribution in [3.05, 3.63) is 29.8 Å². The van der Waals surface area contributed by atoms with Crippen molar-refractivity contribution in [2.24, 2.45) is 0 Å². The Morgan fingerprint density at radius 3 is 2.86 bits per heavy atom. The number of rotatable bonds is 5. The van der Waals surface area contributed by atoms with Crippen LogP contribution in [0.25, 0.3) is 0 Å². The van der Waals surface area contributed by atoms with Gasteiger partial charge in [0, 0.05) is 4.90 Å². The van der Waals surface area contributed by atoms with Crippen LogP contribution in [0.15, 0.2) is 29.2 Å². The van der Waals surface area contributed by atoms with Gasteiger partial charge in [0.05, 0.1) is 6.10 Å². The van der Waals surface area contributed by atoms with Gasteiger partial charge < -0.3 is 5.11 Å². The Kier molecular flexibility index (Phi) is 5.05. The van der Waals surface area contributed by atoms with Gasteiger partial charge in [-0.3, -0.25) is 0 Å². The van der Waals surface area contributed by atoms with Gasteiger partial charge in [0.15, 0.2) is 0 Å². The summed E-state index contributed by atoms with van der Waals surface area (Å²) in [5.74, 6) is 1.17. The minimum Gasteiger partial charge on any atom is -0.389 e. The molecular formula is C12H18OS. The molecule has 0 aliphatic carbocycles. The van der Waals surface area contributed by atoms with Gasteiger partial charge in [-0.05, 0) is 36.8 Å². The van der Waals surface area contributed by atoms with Crippen LogP contribution in [0.1, 0.15) is 38.4 Å². The maximum absolute atomic E-state index is 9.41. The molecule has 1 N–H and O–H groups in total. The fourth-order valence-corrected chi connectivity index (χ4v) is 2.26. The van der Waals surface area contributed by atoms with E-state index < -0.39 is 0 Å². The molecule has 0 saturated carbocycles. The summed E-state index contributed by atoms with van der Waals surface area (Å²) < 4.78 is 0. The maximum Gasteiger partial charge on any atom is 0.0762 e. The summed E-state index contributed by atoms with van der Waals surface area (Å²) in [6, 6.07) is 8.15. The zero-order chi connectivity index (χ0) is 10.4. The molecule has 0 radical (unpaired) electrons. The van der Waals surface area contributed by atoms with E-state index in [1.165, 1.54) is 23.5 Å². The molecule has 0 amide bonds. The Hall–Kier alpha value is -0.470. The predicted octanol–water partition coefficient (Wildman–Crippen LogP) is 3.63. The van der Waals surface area contributed by atoms with E-state index in [1.807, 2.05) is 23.9 Å². The second kappa shape index (κ2) is 6.10. The van der Waals surface area contributed by atoms with Gasteiger partial charge in [0.1, 0.15) is 0 Å². The minimum absolute atomic E-state index is 0.360. The van der Waals surface area contributed by atoms with Crippen molar-refractivity contribution in [1.82, 2.24) is 0 Å². The lowest BCUT2D eigenvalue weighted by Gasteiger charge is -2.06. The molecule has 1 atom stereocenters. The number of unbranched alkanes of at least 4 members (excludes halogenated alkanes) is 1. The first kappa shape index (κ1) is 11.6. The summed E-state index contributed by atoms with van der Waals surface area (Å²) in [5.41, 5.74) is 1.01. The molecule has 1 rings (SSSR count). The number of hydrogen-bond acceptors (Lipinski definition) is 2. The van der Waals surface area contributed by atoms with E-state index in [0.29, 0.717) is 0 Å². The molecule has 2 heteroatoms. The van der Waals surface area contributed by atoms with Crippen molar-refractivity contribution < 1.29 is 5.11 Å². The summed E-state index contributed by atoms with van der Waals surface area (Å²) in [6.45, 7) is 4.00. The Labute approximate surface area is 90.5 Å². The van der Waals surface area contributed by atoms with Crippen LogP contribution in [-0.4, -0.2) is 10.9 Å². The van der Waals surface area contributed by atoms with Crippen LogP contribution < -0.4 is 0 Å². The summed E-state index contributed by atoms with van der Waals surface area (Å²) in [5, 5.41) is 9.41. The highest BCUT2D eigenvalue weighted by Gasteiger charge is 2.01. The number of thioether (sulfide) groups is 1. The van der Waals surface area contributed by atoms with Crippen molar-refractivity contribution >= 4 is 11.8 Å². The van der Waals surface area contributed by atoms with Crippen LogP contribution >= 0.6 is 11.8 Å². The lowest BCUT2D eigenvalue weighted by molar-refractivity contribution is 0.199. The first-order chi connectivity index (χ1) is 6.74. The molecule has 1 nitrogen and oxygen atoms in total. The fraction of sp³-hybridized carbons (Fsp3) is 0.500. The molecule has 0 aliphatic heterocycles. The highest BCUT2D eigenvalue weighted by Crippen LogP contribution is 2.22. The molecule has 0 aromatic heterocycles. The molecule has 0 heterocycles. The second-order valence-electron chi connectivity index (χ2n) is 3.45. The zero-order valence-electron chi connectivity index (χ0n) is 8.86. The number of benzene rings is 1. The van der Waals surface area contributed by atoms with E-state index in [-0.39, 0.29) is 6.10 Å². The van der Waals surface area contributed by atoms with Crippen LogP contribution in [-0.2, 0) is 0 Å². The van der Waals surface area contributed by atoms with Crippen molar-refractivity contribution in [2.45, 2.75) is 37.7 Å². The SMILES string of the molecule is CCCCSc1cccc([C@@H](C)O)c1. The molecule has 0 fully saturated rings. The highest BCUT2D eigenvalue weighted by atomic mass is 32.2. The van der Waals surface area contributed by atoms with E-state index in [0.717, 1.165) is 5.56 Å². The van der Waals surface area contributed by atoms with E-state index in [2.05, 4.69) is 19.1 Å². The van der Waals surface area contributed by atoms with Gasteiger partial charge in [-0.1, -0.05) is 25.5 Å². The first-order valence-corrected chi connectivity index (χ1v) is 6.13.